The van der Waals surface area contributed by atoms with Gasteiger partial charge in [0.2, 0.25) is 10.0 Å². The first-order valence-corrected chi connectivity index (χ1v) is 8.10. The highest BCUT2D eigenvalue weighted by Gasteiger charge is 2.18. The first-order valence-electron chi connectivity index (χ1n) is 5.83. The van der Waals surface area contributed by atoms with Gasteiger partial charge in [0.05, 0.1) is 17.1 Å². The van der Waals surface area contributed by atoms with Gasteiger partial charge in [0.15, 0.2) is 0 Å². The summed E-state index contributed by atoms with van der Waals surface area (Å²) in [5.41, 5.74) is 6.79. The van der Waals surface area contributed by atoms with E-state index in [4.69, 9.17) is 10.3 Å². The van der Waals surface area contributed by atoms with E-state index in [-0.39, 0.29) is 18.0 Å². The van der Waals surface area contributed by atoms with E-state index in [1.807, 2.05) is 0 Å². The number of nitrogens with zero attached hydrogens (tertiary/aromatic N) is 1. The van der Waals surface area contributed by atoms with Crippen molar-refractivity contribution in [2.45, 2.75) is 24.9 Å². The second kappa shape index (κ2) is 6.04. The summed E-state index contributed by atoms with van der Waals surface area (Å²) in [7, 11) is -3.65. The normalized spacial score (nSPS) is 11.8. The lowest BCUT2D eigenvalue weighted by Gasteiger charge is -2.08. The zero-order valence-corrected chi connectivity index (χ0v) is 13.2. The van der Waals surface area contributed by atoms with E-state index in [1.165, 1.54) is 0 Å². The maximum atomic E-state index is 12.3. The van der Waals surface area contributed by atoms with Gasteiger partial charge >= 0.3 is 0 Å². The van der Waals surface area contributed by atoms with Gasteiger partial charge in [0.25, 0.3) is 0 Å². The fourth-order valence-electron chi connectivity index (χ4n) is 1.63. The molecule has 0 fully saturated rings. The van der Waals surface area contributed by atoms with Gasteiger partial charge in [-0.05, 0) is 40.5 Å². The third-order valence-corrected chi connectivity index (χ3v) is 5.04. The van der Waals surface area contributed by atoms with Crippen molar-refractivity contribution in [3.63, 3.8) is 0 Å². The largest absolute Gasteiger partial charge is 0.361 e. The number of sulfonamides is 1. The SMILES string of the molecule is Cc1cc(CNS(=O)(=O)c2cc(CN)ccc2Br)no1. The first kappa shape index (κ1) is 15.2. The molecule has 1 heterocycles. The molecular formula is C12H14BrN3O3S. The van der Waals surface area contributed by atoms with E-state index in [2.05, 4.69) is 25.8 Å². The maximum Gasteiger partial charge on any atom is 0.242 e. The van der Waals surface area contributed by atoms with Gasteiger partial charge in [-0.2, -0.15) is 0 Å². The number of aromatic nitrogens is 1. The Labute approximate surface area is 125 Å². The van der Waals surface area contributed by atoms with E-state index < -0.39 is 10.0 Å². The van der Waals surface area contributed by atoms with Crippen molar-refractivity contribution in [3.8, 4) is 0 Å². The van der Waals surface area contributed by atoms with Gasteiger partial charge in [0.1, 0.15) is 5.76 Å². The maximum absolute atomic E-state index is 12.3. The van der Waals surface area contributed by atoms with Crippen LogP contribution in [-0.4, -0.2) is 13.6 Å². The van der Waals surface area contributed by atoms with Crippen LogP contribution < -0.4 is 10.5 Å². The molecule has 3 N–H and O–H groups in total. The van der Waals surface area contributed by atoms with Crippen molar-refractivity contribution in [2.75, 3.05) is 0 Å². The molecule has 0 aliphatic heterocycles. The van der Waals surface area contributed by atoms with Gasteiger partial charge < -0.3 is 10.3 Å². The van der Waals surface area contributed by atoms with Gasteiger partial charge in [-0.3, -0.25) is 0 Å². The highest BCUT2D eigenvalue weighted by molar-refractivity contribution is 9.10. The summed E-state index contributed by atoms with van der Waals surface area (Å²) in [5.74, 6) is 0.630. The van der Waals surface area contributed by atoms with Crippen molar-refractivity contribution in [3.05, 3.63) is 45.8 Å². The number of aryl methyl sites for hydroxylation is 1. The third kappa shape index (κ3) is 3.45. The van der Waals surface area contributed by atoms with E-state index in [9.17, 15) is 8.42 Å². The summed E-state index contributed by atoms with van der Waals surface area (Å²) in [4.78, 5) is 0.153. The van der Waals surface area contributed by atoms with Gasteiger partial charge in [-0.15, -0.1) is 0 Å². The lowest BCUT2D eigenvalue weighted by molar-refractivity contribution is 0.390. The number of hydrogen-bond donors (Lipinski definition) is 2. The highest BCUT2D eigenvalue weighted by Crippen LogP contribution is 2.23. The molecule has 108 valence electrons. The quantitative estimate of drug-likeness (QED) is 0.846. The molecule has 0 aliphatic carbocycles. The Kier molecular flexibility index (Phi) is 4.59. The van der Waals surface area contributed by atoms with Crippen LogP contribution in [-0.2, 0) is 23.1 Å². The van der Waals surface area contributed by atoms with Crippen LogP contribution in [0.3, 0.4) is 0 Å². The molecule has 0 amide bonds. The second-order valence-electron chi connectivity index (χ2n) is 4.22. The Morgan fingerprint density at radius 1 is 1.40 bits per heavy atom. The van der Waals surface area contributed by atoms with Gasteiger partial charge in [0, 0.05) is 17.1 Å². The van der Waals surface area contributed by atoms with Crippen LogP contribution in [0.1, 0.15) is 17.0 Å². The molecule has 8 heteroatoms. The number of halogens is 1. The summed E-state index contributed by atoms with van der Waals surface area (Å²) >= 11 is 3.23. The van der Waals surface area contributed by atoms with Crippen LogP contribution in [0.15, 0.2) is 38.2 Å². The first-order chi connectivity index (χ1) is 9.42. The van der Waals surface area contributed by atoms with Crippen LogP contribution >= 0.6 is 15.9 Å². The molecule has 0 aliphatic rings. The second-order valence-corrected chi connectivity index (χ2v) is 6.81. The highest BCUT2D eigenvalue weighted by atomic mass is 79.9. The molecule has 0 atom stereocenters. The molecule has 0 unspecified atom stereocenters. The van der Waals surface area contributed by atoms with E-state index in [0.29, 0.717) is 15.9 Å². The number of rotatable bonds is 5. The molecule has 6 nitrogen and oxygen atoms in total. The Morgan fingerprint density at radius 3 is 2.75 bits per heavy atom. The van der Waals surface area contributed by atoms with Crippen LogP contribution in [0.2, 0.25) is 0 Å². The van der Waals surface area contributed by atoms with Crippen molar-refractivity contribution in [2.24, 2.45) is 5.73 Å². The topological polar surface area (TPSA) is 98.2 Å². The number of nitrogens with one attached hydrogen (secondary N) is 1. The molecular weight excluding hydrogens is 346 g/mol. The Bertz CT molecular complexity index is 712. The van der Waals surface area contributed by atoms with Gasteiger partial charge in [-0.1, -0.05) is 11.2 Å². The Morgan fingerprint density at radius 2 is 2.15 bits per heavy atom. The van der Waals surface area contributed by atoms with Crippen LogP contribution in [0.25, 0.3) is 0 Å². The van der Waals surface area contributed by atoms with Crippen molar-refractivity contribution >= 4 is 26.0 Å². The van der Waals surface area contributed by atoms with Crippen molar-refractivity contribution in [1.29, 1.82) is 0 Å². The molecule has 1 aromatic carbocycles. The molecule has 0 spiro atoms. The Hall–Kier alpha value is -1.22. The van der Waals surface area contributed by atoms with Crippen LogP contribution in [0.4, 0.5) is 0 Å². The fraction of sp³-hybridized carbons (Fsp3) is 0.250. The lowest BCUT2D eigenvalue weighted by atomic mass is 10.2. The minimum atomic E-state index is -3.65. The summed E-state index contributed by atoms with van der Waals surface area (Å²) in [6.07, 6.45) is 0. The molecule has 1 aromatic heterocycles. The fourth-order valence-corrected chi connectivity index (χ4v) is 3.64. The molecule has 0 saturated carbocycles. The molecule has 0 bridgehead atoms. The number of benzene rings is 1. The predicted octanol–water partition coefficient (Wildman–Crippen LogP) is 1.68. The predicted molar refractivity (Wildman–Crippen MR) is 77.3 cm³/mol. The Balaban J connectivity index is 2.21. The third-order valence-electron chi connectivity index (χ3n) is 2.64. The molecule has 0 radical (unpaired) electrons. The zero-order valence-electron chi connectivity index (χ0n) is 10.8. The molecule has 2 rings (SSSR count). The summed E-state index contributed by atoms with van der Waals surface area (Å²) in [6, 6.07) is 6.65. The van der Waals surface area contributed by atoms with Crippen LogP contribution in [0.5, 0.6) is 0 Å². The summed E-state index contributed by atoms with van der Waals surface area (Å²) in [6.45, 7) is 2.09. The van der Waals surface area contributed by atoms with E-state index in [0.717, 1.165) is 5.56 Å². The number of hydrogen-bond acceptors (Lipinski definition) is 5. The van der Waals surface area contributed by atoms with Gasteiger partial charge in [-0.25, -0.2) is 13.1 Å². The molecule has 20 heavy (non-hydrogen) atoms. The summed E-state index contributed by atoms with van der Waals surface area (Å²) in [5, 5.41) is 3.74. The summed E-state index contributed by atoms with van der Waals surface area (Å²) < 4.78 is 32.4. The zero-order chi connectivity index (χ0) is 14.8. The van der Waals surface area contributed by atoms with Crippen molar-refractivity contribution < 1.29 is 12.9 Å². The van der Waals surface area contributed by atoms with Crippen molar-refractivity contribution in [1.82, 2.24) is 9.88 Å². The number of nitrogens with two attached hydrogens (primary N) is 1. The standard InChI is InChI=1S/C12H14BrN3O3S/c1-8-4-10(16-19-8)7-15-20(17,18)12-5-9(6-14)2-3-11(12)13/h2-5,15H,6-7,14H2,1H3. The average molecular weight is 360 g/mol. The van der Waals surface area contributed by atoms with E-state index >= 15 is 0 Å². The van der Waals surface area contributed by atoms with Crippen LogP contribution in [0, 0.1) is 6.92 Å². The molecule has 0 saturated heterocycles. The lowest BCUT2D eigenvalue weighted by Crippen LogP contribution is -2.24. The molecule has 2 aromatic rings. The minimum absolute atomic E-state index is 0.0684. The van der Waals surface area contributed by atoms with E-state index in [1.54, 1.807) is 31.2 Å². The monoisotopic (exact) mass is 359 g/mol. The average Bonchev–Trinajstić information content (AvgIpc) is 2.83. The smallest absolute Gasteiger partial charge is 0.242 e. The minimum Gasteiger partial charge on any atom is -0.361 e.